The fourth-order valence-electron chi connectivity index (χ4n) is 1.91. The van der Waals surface area contributed by atoms with Crippen LogP contribution in [0.15, 0.2) is 30.5 Å². The Balaban J connectivity index is 2.79. The number of fused-ring (bicyclic) bond motifs is 1. The van der Waals surface area contributed by atoms with Crippen molar-refractivity contribution in [1.29, 1.82) is 5.26 Å². The Kier molecular flexibility index (Phi) is 2.04. The van der Waals surface area contributed by atoms with Crippen LogP contribution in [0.4, 0.5) is 0 Å². The fraction of sp³-hybridized carbons (Fsp3) is 0.308. The quantitative estimate of drug-likeness (QED) is 0.692. The molecule has 0 N–H and O–H groups in total. The smallest absolute Gasteiger partial charge is 0.0772 e. The molecule has 2 rings (SSSR count). The van der Waals surface area contributed by atoms with Crippen molar-refractivity contribution in [2.45, 2.75) is 19.3 Å². The number of rotatable bonds is 1. The summed E-state index contributed by atoms with van der Waals surface area (Å²) in [5.74, 6) is 0. The number of hydrogen-bond acceptors (Lipinski definition) is 1. The van der Waals surface area contributed by atoms with Gasteiger partial charge < -0.3 is 4.57 Å². The van der Waals surface area contributed by atoms with Crippen molar-refractivity contribution in [3.05, 3.63) is 36.0 Å². The highest BCUT2D eigenvalue weighted by Gasteiger charge is 2.22. The maximum Gasteiger partial charge on any atom is 0.0772 e. The van der Waals surface area contributed by atoms with Crippen LogP contribution in [0.3, 0.4) is 0 Å². The number of hydrogen-bond donors (Lipinski definition) is 0. The molecule has 0 saturated heterocycles. The summed E-state index contributed by atoms with van der Waals surface area (Å²) in [6, 6.07) is 10.5. The summed E-state index contributed by atoms with van der Waals surface area (Å²) in [4.78, 5) is 0. The second-order valence-electron chi connectivity index (χ2n) is 4.40. The summed E-state index contributed by atoms with van der Waals surface area (Å²) in [6.07, 6.45) is 2.03. The molecule has 0 bridgehead atoms. The first-order valence-corrected chi connectivity index (χ1v) is 5.02. The zero-order valence-corrected chi connectivity index (χ0v) is 9.28. The average Bonchev–Trinajstić information content (AvgIpc) is 2.60. The maximum absolute atomic E-state index is 9.16. The lowest BCUT2D eigenvalue weighted by atomic mass is 9.84. The minimum Gasteiger partial charge on any atom is -0.351 e. The van der Waals surface area contributed by atoms with Gasteiger partial charge in [0, 0.05) is 24.1 Å². The van der Waals surface area contributed by atoms with Gasteiger partial charge in [0.15, 0.2) is 0 Å². The summed E-state index contributed by atoms with van der Waals surface area (Å²) >= 11 is 0. The van der Waals surface area contributed by atoms with Crippen molar-refractivity contribution in [3.8, 4) is 6.07 Å². The van der Waals surface area contributed by atoms with Crippen LogP contribution < -0.4 is 0 Å². The van der Waals surface area contributed by atoms with E-state index >= 15 is 0 Å². The summed E-state index contributed by atoms with van der Waals surface area (Å²) in [6.45, 7) is 3.91. The number of aromatic nitrogens is 1. The molecule has 76 valence electrons. The van der Waals surface area contributed by atoms with E-state index in [1.807, 2.05) is 39.2 Å². The summed E-state index contributed by atoms with van der Waals surface area (Å²) in [5, 5.41) is 10.3. The second kappa shape index (κ2) is 3.13. The molecule has 0 aliphatic rings. The number of benzene rings is 1. The number of nitriles is 1. The zero-order valence-electron chi connectivity index (χ0n) is 9.28. The Labute approximate surface area is 89.7 Å². The van der Waals surface area contributed by atoms with Crippen LogP contribution in [-0.2, 0) is 12.5 Å². The van der Waals surface area contributed by atoms with E-state index in [2.05, 4.69) is 22.8 Å². The molecule has 0 radical (unpaired) electrons. The van der Waals surface area contributed by atoms with Crippen molar-refractivity contribution in [1.82, 2.24) is 4.57 Å². The molecule has 0 amide bonds. The van der Waals surface area contributed by atoms with Gasteiger partial charge in [0.25, 0.3) is 0 Å². The molecule has 0 aliphatic heterocycles. The predicted molar refractivity (Wildman–Crippen MR) is 61.6 cm³/mol. The standard InChI is InChI=1S/C13H14N2/c1-13(2,9-14)11-5-4-6-12-10(11)7-8-15(12)3/h4-8H,1-3H3. The molecule has 2 aromatic rings. The summed E-state index contributed by atoms with van der Waals surface area (Å²) in [5.41, 5.74) is 1.85. The van der Waals surface area contributed by atoms with Gasteiger partial charge in [-0.2, -0.15) is 5.26 Å². The Bertz CT molecular complexity index is 541. The molecule has 0 spiro atoms. The van der Waals surface area contributed by atoms with Gasteiger partial charge in [-0.05, 0) is 31.5 Å². The third kappa shape index (κ3) is 1.41. The molecule has 15 heavy (non-hydrogen) atoms. The highest BCUT2D eigenvalue weighted by Crippen LogP contribution is 2.29. The molecule has 0 unspecified atom stereocenters. The monoisotopic (exact) mass is 198 g/mol. The first kappa shape index (κ1) is 9.79. The molecule has 1 aromatic heterocycles. The Morgan fingerprint density at radius 3 is 2.67 bits per heavy atom. The summed E-state index contributed by atoms with van der Waals surface area (Å²) < 4.78 is 2.08. The normalized spacial score (nSPS) is 11.6. The summed E-state index contributed by atoms with van der Waals surface area (Å²) in [7, 11) is 2.02. The first-order valence-electron chi connectivity index (χ1n) is 5.02. The fourth-order valence-corrected chi connectivity index (χ4v) is 1.91. The average molecular weight is 198 g/mol. The van der Waals surface area contributed by atoms with Crippen molar-refractivity contribution in [2.75, 3.05) is 0 Å². The molecular weight excluding hydrogens is 184 g/mol. The zero-order chi connectivity index (χ0) is 11.1. The molecule has 0 saturated carbocycles. The molecule has 1 aromatic carbocycles. The Hall–Kier alpha value is -1.75. The van der Waals surface area contributed by atoms with E-state index in [9.17, 15) is 0 Å². The molecule has 0 atom stereocenters. The van der Waals surface area contributed by atoms with Gasteiger partial charge in [-0.1, -0.05) is 12.1 Å². The van der Waals surface area contributed by atoms with E-state index in [4.69, 9.17) is 5.26 Å². The van der Waals surface area contributed by atoms with Crippen LogP contribution in [-0.4, -0.2) is 4.57 Å². The van der Waals surface area contributed by atoms with Gasteiger partial charge in [-0.3, -0.25) is 0 Å². The van der Waals surface area contributed by atoms with Crippen molar-refractivity contribution in [2.24, 2.45) is 7.05 Å². The van der Waals surface area contributed by atoms with Gasteiger partial charge >= 0.3 is 0 Å². The van der Waals surface area contributed by atoms with Crippen LogP contribution in [0.1, 0.15) is 19.4 Å². The lowest BCUT2D eigenvalue weighted by Gasteiger charge is -2.17. The highest BCUT2D eigenvalue weighted by atomic mass is 14.9. The minimum atomic E-state index is -0.430. The van der Waals surface area contributed by atoms with Crippen molar-refractivity contribution in [3.63, 3.8) is 0 Å². The molecule has 0 fully saturated rings. The Morgan fingerprint density at radius 1 is 1.27 bits per heavy atom. The van der Waals surface area contributed by atoms with Gasteiger partial charge in [-0.15, -0.1) is 0 Å². The van der Waals surface area contributed by atoms with Gasteiger partial charge in [0.05, 0.1) is 11.5 Å². The SMILES string of the molecule is Cn1ccc2c(C(C)(C)C#N)cccc21. The van der Waals surface area contributed by atoms with E-state index in [0.717, 1.165) is 5.56 Å². The van der Waals surface area contributed by atoms with E-state index in [-0.39, 0.29) is 0 Å². The third-order valence-electron chi connectivity index (χ3n) is 2.88. The van der Waals surface area contributed by atoms with Crippen molar-refractivity contribution < 1.29 is 0 Å². The molecular formula is C13H14N2. The van der Waals surface area contributed by atoms with Gasteiger partial charge in [0.2, 0.25) is 0 Å². The van der Waals surface area contributed by atoms with E-state index in [1.54, 1.807) is 0 Å². The Morgan fingerprint density at radius 2 is 2.00 bits per heavy atom. The van der Waals surface area contributed by atoms with Gasteiger partial charge in [-0.25, -0.2) is 0 Å². The maximum atomic E-state index is 9.16. The largest absolute Gasteiger partial charge is 0.351 e. The molecule has 2 heteroatoms. The van der Waals surface area contributed by atoms with E-state index < -0.39 is 5.41 Å². The number of nitrogens with zero attached hydrogens (tertiary/aromatic N) is 2. The third-order valence-corrected chi connectivity index (χ3v) is 2.88. The molecule has 1 heterocycles. The lowest BCUT2D eigenvalue weighted by molar-refractivity contribution is 0.694. The van der Waals surface area contributed by atoms with Crippen molar-refractivity contribution >= 4 is 10.9 Å². The molecule has 2 nitrogen and oxygen atoms in total. The first-order chi connectivity index (χ1) is 7.06. The van der Waals surface area contributed by atoms with Crippen LogP contribution in [0, 0.1) is 11.3 Å². The van der Waals surface area contributed by atoms with E-state index in [1.165, 1.54) is 10.9 Å². The predicted octanol–water partition coefficient (Wildman–Crippen LogP) is 2.98. The van der Waals surface area contributed by atoms with Crippen LogP contribution in [0.2, 0.25) is 0 Å². The van der Waals surface area contributed by atoms with Crippen LogP contribution in [0.5, 0.6) is 0 Å². The second-order valence-corrected chi connectivity index (χ2v) is 4.40. The highest BCUT2D eigenvalue weighted by molar-refractivity contribution is 5.85. The van der Waals surface area contributed by atoms with Gasteiger partial charge in [0.1, 0.15) is 0 Å². The minimum absolute atomic E-state index is 0.430. The molecule has 0 aliphatic carbocycles. The topological polar surface area (TPSA) is 28.7 Å². The van der Waals surface area contributed by atoms with Crippen LogP contribution >= 0.6 is 0 Å². The lowest BCUT2D eigenvalue weighted by Crippen LogP contribution is -2.13. The van der Waals surface area contributed by atoms with E-state index in [0.29, 0.717) is 0 Å². The number of aryl methyl sites for hydroxylation is 1. The van der Waals surface area contributed by atoms with Crippen LogP contribution in [0.25, 0.3) is 10.9 Å².